The molecule has 0 aromatic heterocycles. The molecule has 18 heavy (non-hydrogen) atoms. The van der Waals surface area contributed by atoms with Gasteiger partial charge in [0.2, 0.25) is 0 Å². The highest BCUT2D eigenvalue weighted by molar-refractivity contribution is 4.81. The van der Waals surface area contributed by atoms with Crippen molar-refractivity contribution < 1.29 is 20.4 Å². The van der Waals surface area contributed by atoms with Gasteiger partial charge >= 0.3 is 0 Å². The van der Waals surface area contributed by atoms with E-state index in [9.17, 15) is 0 Å². The van der Waals surface area contributed by atoms with Gasteiger partial charge in [0.15, 0.2) is 5.79 Å². The molecule has 0 heterocycles. The average Bonchev–Trinajstić information content (AvgIpc) is 2.40. The van der Waals surface area contributed by atoms with Crippen molar-refractivity contribution in [3.05, 3.63) is 0 Å². The van der Waals surface area contributed by atoms with Gasteiger partial charge in [-0.1, -0.05) is 25.7 Å². The molecule has 0 atom stereocenters. The van der Waals surface area contributed by atoms with Crippen LogP contribution in [0.15, 0.2) is 0 Å². The number of aliphatic hydroxyl groups is 4. The van der Waals surface area contributed by atoms with Gasteiger partial charge in [0, 0.05) is 18.3 Å². The SMILES string of the molecule is OC1(O)CCCCC1.OCC1(CO)CCCCC1. The fourth-order valence-electron chi connectivity index (χ4n) is 2.79. The lowest BCUT2D eigenvalue weighted by Gasteiger charge is -2.33. The van der Waals surface area contributed by atoms with E-state index in [0.29, 0.717) is 12.8 Å². The molecule has 0 amide bonds. The third-order valence-corrected chi connectivity index (χ3v) is 4.24. The second-order valence-electron chi connectivity index (χ2n) is 5.92. The molecule has 0 saturated heterocycles. The van der Waals surface area contributed by atoms with Crippen LogP contribution in [0.2, 0.25) is 0 Å². The lowest BCUT2D eigenvalue weighted by atomic mass is 9.75. The third kappa shape index (κ3) is 5.22. The Morgan fingerprint density at radius 3 is 1.22 bits per heavy atom. The lowest BCUT2D eigenvalue weighted by molar-refractivity contribution is -0.180. The van der Waals surface area contributed by atoms with Gasteiger partial charge in [-0.25, -0.2) is 0 Å². The van der Waals surface area contributed by atoms with Crippen molar-refractivity contribution in [2.75, 3.05) is 13.2 Å². The highest BCUT2D eigenvalue weighted by atomic mass is 16.5. The number of hydrogen-bond acceptors (Lipinski definition) is 4. The Kier molecular flexibility index (Phi) is 6.57. The molecule has 0 unspecified atom stereocenters. The van der Waals surface area contributed by atoms with Gasteiger partial charge in [0.25, 0.3) is 0 Å². The largest absolute Gasteiger partial charge is 0.396 e. The first-order valence-electron chi connectivity index (χ1n) is 7.20. The highest BCUT2D eigenvalue weighted by Gasteiger charge is 2.30. The first-order valence-corrected chi connectivity index (χ1v) is 7.20. The molecule has 0 aromatic rings. The van der Waals surface area contributed by atoms with Crippen LogP contribution in [0.4, 0.5) is 0 Å². The Labute approximate surface area is 110 Å². The molecule has 2 rings (SSSR count). The predicted molar refractivity (Wildman–Crippen MR) is 69.9 cm³/mol. The molecule has 2 saturated carbocycles. The normalized spacial score (nSPS) is 26.0. The maximum Gasteiger partial charge on any atom is 0.162 e. The zero-order valence-corrected chi connectivity index (χ0v) is 11.3. The molecule has 4 nitrogen and oxygen atoms in total. The Morgan fingerprint density at radius 1 is 0.611 bits per heavy atom. The molecule has 4 heteroatoms. The first kappa shape index (κ1) is 15.9. The maximum atomic E-state index is 8.98. The van der Waals surface area contributed by atoms with E-state index in [1.54, 1.807) is 0 Å². The van der Waals surface area contributed by atoms with E-state index in [0.717, 1.165) is 32.1 Å². The van der Waals surface area contributed by atoms with Gasteiger partial charge in [-0.2, -0.15) is 0 Å². The molecule has 2 fully saturated rings. The van der Waals surface area contributed by atoms with Crippen LogP contribution in [0.25, 0.3) is 0 Å². The van der Waals surface area contributed by atoms with Crippen molar-refractivity contribution in [3.63, 3.8) is 0 Å². The second-order valence-corrected chi connectivity index (χ2v) is 5.92. The molecular weight excluding hydrogens is 232 g/mol. The van der Waals surface area contributed by atoms with Crippen molar-refractivity contribution in [2.45, 2.75) is 70.0 Å². The van der Waals surface area contributed by atoms with Crippen LogP contribution in [0, 0.1) is 5.41 Å². The molecule has 108 valence electrons. The summed E-state index contributed by atoms with van der Waals surface area (Å²) in [6, 6.07) is 0. The predicted octanol–water partition coefficient (Wildman–Crippen LogP) is 1.55. The Balaban J connectivity index is 0.000000184. The number of hydrogen-bond donors (Lipinski definition) is 4. The summed E-state index contributed by atoms with van der Waals surface area (Å²) in [6.07, 6.45) is 9.81. The van der Waals surface area contributed by atoms with Crippen LogP contribution < -0.4 is 0 Å². The number of aliphatic hydroxyl groups excluding tert-OH is 2. The highest BCUT2D eigenvalue weighted by Crippen LogP contribution is 2.34. The van der Waals surface area contributed by atoms with E-state index in [1.807, 2.05) is 0 Å². The standard InChI is InChI=1S/C8H16O2.C6H12O2/c9-6-8(7-10)4-2-1-3-5-8;7-6(8)4-2-1-3-5-6/h9-10H,1-7H2;7-8H,1-5H2. The summed E-state index contributed by atoms with van der Waals surface area (Å²) >= 11 is 0. The zero-order valence-electron chi connectivity index (χ0n) is 11.3. The molecule has 2 aliphatic carbocycles. The first-order chi connectivity index (χ1) is 8.54. The van der Waals surface area contributed by atoms with Gasteiger partial charge in [-0.05, 0) is 25.7 Å². The molecular formula is C14H28O4. The van der Waals surface area contributed by atoms with Crippen LogP contribution in [-0.4, -0.2) is 39.4 Å². The Bertz CT molecular complexity index is 208. The van der Waals surface area contributed by atoms with Crippen molar-refractivity contribution in [2.24, 2.45) is 5.41 Å². The maximum absolute atomic E-state index is 8.98. The van der Waals surface area contributed by atoms with Crippen LogP contribution in [0.3, 0.4) is 0 Å². The summed E-state index contributed by atoms with van der Waals surface area (Å²) in [6.45, 7) is 0.312. The summed E-state index contributed by atoms with van der Waals surface area (Å²) in [5, 5.41) is 35.8. The Hall–Kier alpha value is -0.160. The van der Waals surface area contributed by atoms with Crippen molar-refractivity contribution in [1.29, 1.82) is 0 Å². The summed E-state index contributed by atoms with van der Waals surface area (Å²) in [5.41, 5.74) is -0.127. The van der Waals surface area contributed by atoms with E-state index in [-0.39, 0.29) is 18.6 Å². The van der Waals surface area contributed by atoms with Gasteiger partial charge in [0.05, 0.1) is 13.2 Å². The van der Waals surface area contributed by atoms with Crippen molar-refractivity contribution in [1.82, 2.24) is 0 Å². The van der Waals surface area contributed by atoms with Gasteiger partial charge < -0.3 is 20.4 Å². The van der Waals surface area contributed by atoms with Crippen LogP contribution in [0.1, 0.15) is 64.2 Å². The summed E-state index contributed by atoms with van der Waals surface area (Å²) in [5.74, 6) is -1.32. The average molecular weight is 260 g/mol. The monoisotopic (exact) mass is 260 g/mol. The molecule has 4 N–H and O–H groups in total. The molecule has 0 spiro atoms. The minimum absolute atomic E-state index is 0.127. The Morgan fingerprint density at radius 2 is 1.00 bits per heavy atom. The minimum Gasteiger partial charge on any atom is -0.396 e. The lowest BCUT2D eigenvalue weighted by Crippen LogP contribution is -2.31. The third-order valence-electron chi connectivity index (χ3n) is 4.24. The van der Waals surface area contributed by atoms with Crippen molar-refractivity contribution >= 4 is 0 Å². The second kappa shape index (κ2) is 7.43. The van der Waals surface area contributed by atoms with E-state index in [1.165, 1.54) is 19.3 Å². The smallest absolute Gasteiger partial charge is 0.162 e. The molecule has 0 aromatic carbocycles. The molecule has 2 aliphatic rings. The van der Waals surface area contributed by atoms with Gasteiger partial charge in [-0.15, -0.1) is 0 Å². The van der Waals surface area contributed by atoms with E-state index in [2.05, 4.69) is 0 Å². The van der Waals surface area contributed by atoms with Crippen molar-refractivity contribution in [3.8, 4) is 0 Å². The fourth-order valence-corrected chi connectivity index (χ4v) is 2.79. The summed E-state index contributed by atoms with van der Waals surface area (Å²) in [7, 11) is 0. The van der Waals surface area contributed by atoms with Gasteiger partial charge in [0.1, 0.15) is 0 Å². The van der Waals surface area contributed by atoms with E-state index >= 15 is 0 Å². The summed E-state index contributed by atoms with van der Waals surface area (Å²) < 4.78 is 0. The summed E-state index contributed by atoms with van der Waals surface area (Å²) in [4.78, 5) is 0. The van der Waals surface area contributed by atoms with E-state index in [4.69, 9.17) is 20.4 Å². The molecule has 0 radical (unpaired) electrons. The van der Waals surface area contributed by atoms with E-state index < -0.39 is 5.79 Å². The molecule has 0 aliphatic heterocycles. The number of rotatable bonds is 2. The van der Waals surface area contributed by atoms with Crippen LogP contribution >= 0.6 is 0 Å². The minimum atomic E-state index is -1.32. The fraction of sp³-hybridized carbons (Fsp3) is 1.00. The van der Waals surface area contributed by atoms with Crippen LogP contribution in [0.5, 0.6) is 0 Å². The quantitative estimate of drug-likeness (QED) is 0.568. The molecule has 0 bridgehead atoms. The van der Waals surface area contributed by atoms with Gasteiger partial charge in [-0.3, -0.25) is 0 Å². The van der Waals surface area contributed by atoms with Crippen LogP contribution in [-0.2, 0) is 0 Å². The zero-order chi connectivity index (χ0) is 13.5. The topological polar surface area (TPSA) is 80.9 Å².